The molecule has 0 fully saturated rings. The smallest absolute Gasteiger partial charge is 0.313 e. The van der Waals surface area contributed by atoms with Crippen LogP contribution in [0.4, 0.5) is 5.69 Å². The van der Waals surface area contributed by atoms with Crippen molar-refractivity contribution in [2.45, 2.75) is 105 Å². The molecule has 4 aliphatic rings. The number of carbonyl (C=O) groups excluding carboxylic acids is 5. The normalized spacial score (nSPS) is 33.0. The topological polar surface area (TPSA) is 265 Å². The molecule has 0 unspecified atom stereocenters. The Kier molecular flexibility index (Phi) is 13.7. The Hall–Kier alpha value is -5.33. The zero-order chi connectivity index (χ0) is 44.6. The number of aliphatic hydroxyl groups is 5. The van der Waals surface area contributed by atoms with E-state index in [1.165, 1.54) is 73.6 Å². The highest BCUT2D eigenvalue weighted by molar-refractivity contribution is 6.21. The maximum atomic E-state index is 14.0. The number of rotatable bonds is 3. The summed E-state index contributed by atoms with van der Waals surface area (Å²) in [6, 6.07) is 0. The van der Waals surface area contributed by atoms with Crippen LogP contribution in [0.15, 0.2) is 52.5 Å². The van der Waals surface area contributed by atoms with Crippen molar-refractivity contribution < 1.29 is 78.3 Å². The van der Waals surface area contributed by atoms with Gasteiger partial charge in [-0.3, -0.25) is 24.0 Å². The Morgan fingerprint density at radius 3 is 2.03 bits per heavy atom. The number of methoxy groups -OCH3 is 1. The van der Waals surface area contributed by atoms with Gasteiger partial charge in [-0.2, -0.15) is 0 Å². The zero-order valence-corrected chi connectivity index (χ0v) is 34.8. The number of aliphatic hydroxyl groups excluding tert-OH is 3. The van der Waals surface area contributed by atoms with Gasteiger partial charge in [0.05, 0.1) is 42.2 Å². The van der Waals surface area contributed by atoms with Gasteiger partial charge in [0.25, 0.3) is 5.91 Å². The number of nitrogens with one attached hydrogen (secondary N) is 1. The first-order valence-electron chi connectivity index (χ1n) is 18.8. The molecular formula is C42H53NO16. The number of benzene rings is 1. The van der Waals surface area contributed by atoms with Crippen molar-refractivity contribution in [1.29, 1.82) is 0 Å². The van der Waals surface area contributed by atoms with E-state index in [1.807, 2.05) is 0 Å². The fourth-order valence-electron chi connectivity index (χ4n) is 7.70. The van der Waals surface area contributed by atoms with Crippen LogP contribution in [-0.2, 0) is 38.1 Å². The minimum absolute atomic E-state index is 0.00215. The number of anilines is 1. The van der Waals surface area contributed by atoms with Crippen LogP contribution in [0.25, 0.3) is 5.57 Å². The molecule has 7 N–H and O–H groups in total. The molecule has 1 aromatic carbocycles. The third kappa shape index (κ3) is 8.99. The van der Waals surface area contributed by atoms with Crippen LogP contribution in [0.1, 0.15) is 83.8 Å². The number of amides is 1. The lowest BCUT2D eigenvalue weighted by molar-refractivity contribution is -0.180. The van der Waals surface area contributed by atoms with Crippen LogP contribution in [0.5, 0.6) is 11.5 Å². The molecule has 1 amide bonds. The Balaban J connectivity index is 2.10. The number of fused-ring (bicyclic) bond motifs is 14. The molecule has 0 saturated heterocycles. The zero-order valence-electron chi connectivity index (χ0n) is 34.8. The summed E-state index contributed by atoms with van der Waals surface area (Å²) < 4.78 is 27.8. The van der Waals surface area contributed by atoms with Crippen molar-refractivity contribution in [3.8, 4) is 11.5 Å². The van der Waals surface area contributed by atoms with Crippen molar-refractivity contribution in [3.63, 3.8) is 0 Å². The highest BCUT2D eigenvalue weighted by Gasteiger charge is 2.49. The number of esters is 3. The lowest BCUT2D eigenvalue weighted by atomic mass is 9.74. The largest absolute Gasteiger partial charge is 0.505 e. The number of carbonyl (C=O) groups is 5. The van der Waals surface area contributed by atoms with Gasteiger partial charge >= 0.3 is 17.9 Å². The maximum Gasteiger partial charge on any atom is 0.313 e. The van der Waals surface area contributed by atoms with Gasteiger partial charge in [-0.25, -0.2) is 0 Å². The second kappa shape index (κ2) is 17.5. The molecule has 322 valence electrons. The molecule has 4 bridgehead atoms. The number of ether oxygens (including phenoxy) is 5. The average molecular weight is 828 g/mol. The molecule has 9 atom stereocenters. The third-order valence-electron chi connectivity index (χ3n) is 10.9. The number of hydrogen-bond donors (Lipinski definition) is 7. The molecule has 1 aromatic rings. The Morgan fingerprint density at radius 2 is 1.46 bits per heavy atom. The number of hydrogen-bond acceptors (Lipinski definition) is 16. The van der Waals surface area contributed by atoms with E-state index in [9.17, 15) is 54.6 Å². The van der Waals surface area contributed by atoms with Crippen LogP contribution in [0.2, 0.25) is 0 Å². The molecule has 3 heterocycles. The standard InChI is InChI=1S/C42H53NO16/c1-17-13-12-14-41(9,53)38(59-24(8)45)22(6)32(48)28(40(52)55-11)31(47)21(5)37(50)42(10,54)15-18(2)34-27-25-26(30(46)20(4)35(27)57-16-56-34)33(49)29(43-39(17)51)19(3)36(25)58-23(7)44/h12-15,21-22,28,31-32,37-38,47-50,53-54H,16H2,1-11H3,(H,43,51)/b14-12-,17-13+,18-15+/t21-,22-,28-,31+,32+,37+,38+,41-,42+/m0/s1. The fourth-order valence-corrected chi connectivity index (χ4v) is 7.70. The van der Waals surface area contributed by atoms with Gasteiger partial charge in [0, 0.05) is 48.0 Å². The third-order valence-corrected chi connectivity index (χ3v) is 10.9. The minimum atomic E-state index is -2.25. The van der Waals surface area contributed by atoms with Gasteiger partial charge in [0.2, 0.25) is 6.79 Å². The van der Waals surface area contributed by atoms with Crippen LogP contribution >= 0.6 is 0 Å². The Bertz CT molecular complexity index is 2090. The van der Waals surface area contributed by atoms with Gasteiger partial charge in [0.1, 0.15) is 40.5 Å². The number of phenols is 1. The van der Waals surface area contributed by atoms with Crippen molar-refractivity contribution in [3.05, 3.63) is 69.2 Å². The van der Waals surface area contributed by atoms with Crippen LogP contribution in [0.3, 0.4) is 0 Å². The summed E-state index contributed by atoms with van der Waals surface area (Å²) in [5.41, 5.74) is -4.97. The molecule has 17 heteroatoms. The van der Waals surface area contributed by atoms with Gasteiger partial charge in [-0.05, 0) is 59.3 Å². The van der Waals surface area contributed by atoms with Crippen molar-refractivity contribution in [2.24, 2.45) is 17.8 Å². The molecule has 0 saturated carbocycles. The van der Waals surface area contributed by atoms with E-state index in [0.29, 0.717) is 0 Å². The first-order valence-corrected chi connectivity index (χ1v) is 18.8. The molecular weight excluding hydrogens is 774 g/mol. The summed E-state index contributed by atoms with van der Waals surface area (Å²) >= 11 is 0. The van der Waals surface area contributed by atoms with E-state index in [0.717, 1.165) is 27.0 Å². The average Bonchev–Trinajstić information content (AvgIpc) is 3.16. The monoisotopic (exact) mass is 827 g/mol. The summed E-state index contributed by atoms with van der Waals surface area (Å²) in [5, 5.41) is 72.8. The van der Waals surface area contributed by atoms with Crippen molar-refractivity contribution in [1.82, 2.24) is 0 Å². The SMILES string of the molecule is COC(=O)[C@@H]1[C@H](O)[C@H](C)[C@@H](OC(C)=O)[C@@](C)(O)/C=C\C=C(/C)C(=O)Nc2c(C)c(OC(C)=O)c3c(c2O)C(=O)C(C)=C2OCOC(=C23)/C(C)=C/[C@@](C)(O)[C@H](O)[C@@H](C)[C@H]1O. The number of allylic oxidation sites excluding steroid dienone is 5. The second-order valence-corrected chi connectivity index (χ2v) is 15.6. The van der Waals surface area contributed by atoms with Crippen molar-refractivity contribution >= 4 is 40.9 Å². The summed E-state index contributed by atoms with van der Waals surface area (Å²) in [6.07, 6.45) is -2.43. The highest BCUT2D eigenvalue weighted by atomic mass is 16.7. The molecule has 1 aliphatic carbocycles. The van der Waals surface area contributed by atoms with Gasteiger partial charge in [-0.1, -0.05) is 26.0 Å². The predicted molar refractivity (Wildman–Crippen MR) is 209 cm³/mol. The van der Waals surface area contributed by atoms with Crippen molar-refractivity contribution in [2.75, 3.05) is 19.2 Å². The number of phenolic OH excluding ortho intramolecular Hbond substituents is 1. The molecule has 17 nitrogen and oxygen atoms in total. The number of ketones is 1. The van der Waals surface area contributed by atoms with E-state index in [2.05, 4.69) is 5.32 Å². The van der Waals surface area contributed by atoms with Gasteiger partial charge in [-0.15, -0.1) is 0 Å². The second-order valence-electron chi connectivity index (χ2n) is 15.6. The molecule has 3 aliphatic heterocycles. The van der Waals surface area contributed by atoms with E-state index < -0.39 is 95.5 Å². The number of Topliss-reactive ketones (excluding diaryl/α,β-unsaturated/α-hetero) is 1. The predicted octanol–water partition coefficient (Wildman–Crippen LogP) is 2.79. The van der Waals surface area contributed by atoms with Gasteiger partial charge < -0.3 is 59.6 Å². The maximum absolute atomic E-state index is 14.0. The van der Waals surface area contributed by atoms with Gasteiger partial charge in [0.15, 0.2) is 11.5 Å². The molecule has 0 radical (unpaired) electrons. The van der Waals surface area contributed by atoms with Crippen LogP contribution in [-0.4, -0.2) is 110 Å². The lowest BCUT2D eigenvalue weighted by Crippen LogP contribution is -2.55. The minimum Gasteiger partial charge on any atom is -0.505 e. The summed E-state index contributed by atoms with van der Waals surface area (Å²) in [6.45, 7) is 12.6. The molecule has 0 aromatic heterocycles. The lowest BCUT2D eigenvalue weighted by Gasteiger charge is -2.41. The number of aromatic hydroxyl groups is 1. The first kappa shape index (κ1) is 46.4. The molecule has 59 heavy (non-hydrogen) atoms. The summed E-state index contributed by atoms with van der Waals surface area (Å²) in [4.78, 5) is 65.8. The quantitative estimate of drug-likeness (QED) is 0.131. The summed E-state index contributed by atoms with van der Waals surface area (Å²) in [7, 11) is 1.01. The van der Waals surface area contributed by atoms with E-state index >= 15 is 0 Å². The van der Waals surface area contributed by atoms with Crippen LogP contribution in [0, 0.1) is 24.7 Å². The van der Waals surface area contributed by atoms with E-state index in [1.54, 1.807) is 0 Å². The molecule has 5 rings (SSSR count). The first-order chi connectivity index (χ1) is 27.3. The van der Waals surface area contributed by atoms with E-state index in [-0.39, 0.29) is 61.9 Å². The highest BCUT2D eigenvalue weighted by Crippen LogP contribution is 2.53. The van der Waals surface area contributed by atoms with Crippen LogP contribution < -0.4 is 10.1 Å². The Morgan fingerprint density at radius 1 is 0.864 bits per heavy atom. The Labute approximate surface area is 341 Å². The molecule has 0 spiro atoms. The van der Waals surface area contributed by atoms with E-state index in [4.69, 9.17) is 23.7 Å². The summed E-state index contributed by atoms with van der Waals surface area (Å²) in [5.74, 6) is -9.88. The fraction of sp³-hybridized carbons (Fsp3) is 0.500.